The van der Waals surface area contributed by atoms with Crippen LogP contribution < -0.4 is 10.2 Å². The minimum absolute atomic E-state index is 0.0148. The first-order chi connectivity index (χ1) is 13.3. The van der Waals surface area contributed by atoms with Crippen molar-refractivity contribution in [3.8, 4) is 10.7 Å². The zero-order chi connectivity index (χ0) is 18.5. The van der Waals surface area contributed by atoms with Gasteiger partial charge in [0.15, 0.2) is 0 Å². The number of amides is 1. The number of rotatable bonds is 6. The molecule has 1 aliphatic rings. The molecular weight excluding hydrogens is 356 g/mol. The van der Waals surface area contributed by atoms with Gasteiger partial charge in [-0.05, 0) is 49.6 Å². The summed E-state index contributed by atoms with van der Waals surface area (Å²) in [5.41, 5.74) is 3.85. The van der Waals surface area contributed by atoms with Crippen LogP contribution in [0.3, 0.4) is 0 Å². The van der Waals surface area contributed by atoms with Gasteiger partial charge in [-0.2, -0.15) is 0 Å². The summed E-state index contributed by atoms with van der Waals surface area (Å²) in [6, 6.07) is 13.9. The third-order valence-electron chi connectivity index (χ3n) is 4.65. The third-order valence-corrected chi connectivity index (χ3v) is 5.56. The van der Waals surface area contributed by atoms with Gasteiger partial charge in [-0.15, -0.1) is 11.3 Å². The highest BCUT2D eigenvalue weighted by Gasteiger charge is 2.13. The summed E-state index contributed by atoms with van der Waals surface area (Å²) in [4.78, 5) is 23.6. The molecule has 5 nitrogen and oxygen atoms in total. The fourth-order valence-electron chi connectivity index (χ4n) is 3.25. The van der Waals surface area contributed by atoms with E-state index >= 15 is 0 Å². The average Bonchev–Trinajstić information content (AvgIpc) is 3.40. The number of benzene rings is 1. The van der Waals surface area contributed by atoms with E-state index in [-0.39, 0.29) is 5.91 Å². The molecule has 0 aliphatic carbocycles. The van der Waals surface area contributed by atoms with Crippen LogP contribution in [0, 0.1) is 0 Å². The second-order valence-corrected chi connectivity index (χ2v) is 7.51. The molecular formula is C21H22N4OS. The highest BCUT2D eigenvalue weighted by molar-refractivity contribution is 7.13. The quantitative estimate of drug-likeness (QED) is 0.692. The molecule has 2 aromatic heterocycles. The molecule has 6 heteroatoms. The lowest BCUT2D eigenvalue weighted by atomic mass is 10.2. The number of aryl methyl sites for hydroxylation is 1. The number of carbonyl (C=O) groups excluding carboxylic acids is 1. The summed E-state index contributed by atoms with van der Waals surface area (Å²) < 4.78 is 0. The normalized spacial score (nSPS) is 13.7. The van der Waals surface area contributed by atoms with Crippen LogP contribution in [-0.2, 0) is 11.2 Å². The van der Waals surface area contributed by atoms with Crippen LogP contribution in [0.1, 0.15) is 25.0 Å². The molecule has 1 fully saturated rings. The number of hydrogen-bond acceptors (Lipinski definition) is 5. The van der Waals surface area contributed by atoms with Crippen LogP contribution >= 0.6 is 11.3 Å². The number of hydrogen-bond donors (Lipinski definition) is 1. The smallest absolute Gasteiger partial charge is 0.224 e. The Morgan fingerprint density at radius 2 is 2.04 bits per heavy atom. The first-order valence-corrected chi connectivity index (χ1v) is 10.2. The molecule has 0 radical (unpaired) electrons. The number of nitrogens with one attached hydrogen (secondary N) is 1. The third kappa shape index (κ3) is 4.52. The van der Waals surface area contributed by atoms with E-state index in [4.69, 9.17) is 0 Å². The zero-order valence-electron chi connectivity index (χ0n) is 15.1. The van der Waals surface area contributed by atoms with Crippen molar-refractivity contribution in [2.45, 2.75) is 25.7 Å². The van der Waals surface area contributed by atoms with Crippen molar-refractivity contribution in [1.82, 2.24) is 9.97 Å². The monoisotopic (exact) mass is 378 g/mol. The van der Waals surface area contributed by atoms with Gasteiger partial charge in [0.1, 0.15) is 5.01 Å². The first kappa shape index (κ1) is 17.7. The van der Waals surface area contributed by atoms with Crippen LogP contribution in [-0.4, -0.2) is 29.0 Å². The van der Waals surface area contributed by atoms with Crippen molar-refractivity contribution in [3.05, 3.63) is 59.7 Å². The van der Waals surface area contributed by atoms with Crippen LogP contribution in [0.4, 0.5) is 11.4 Å². The van der Waals surface area contributed by atoms with Crippen molar-refractivity contribution < 1.29 is 4.79 Å². The lowest BCUT2D eigenvalue weighted by molar-refractivity contribution is -0.116. The number of thiazole rings is 1. The number of anilines is 2. The molecule has 0 spiro atoms. The van der Waals surface area contributed by atoms with E-state index in [9.17, 15) is 4.79 Å². The second kappa shape index (κ2) is 8.31. The van der Waals surface area contributed by atoms with Gasteiger partial charge in [-0.1, -0.05) is 12.1 Å². The van der Waals surface area contributed by atoms with Crippen LogP contribution in [0.15, 0.2) is 54.0 Å². The maximum atomic E-state index is 12.3. The standard InChI is InChI=1S/C21H22N4OS/c26-20(23-16-6-5-7-18(14-16)25-12-3-4-13-25)10-9-17-15-27-21(24-17)19-8-1-2-11-22-19/h1-2,5-8,11,14-15H,3-4,9-10,12-13H2,(H,23,26). The minimum atomic E-state index is 0.0148. The Balaban J connectivity index is 1.32. The maximum Gasteiger partial charge on any atom is 0.224 e. The molecule has 1 N–H and O–H groups in total. The Hall–Kier alpha value is -2.73. The topological polar surface area (TPSA) is 58.1 Å². The van der Waals surface area contributed by atoms with Gasteiger partial charge in [0, 0.05) is 42.5 Å². The largest absolute Gasteiger partial charge is 0.371 e. The summed E-state index contributed by atoms with van der Waals surface area (Å²) in [6.07, 6.45) is 5.29. The summed E-state index contributed by atoms with van der Waals surface area (Å²) in [6.45, 7) is 2.19. The van der Waals surface area contributed by atoms with Gasteiger partial charge in [0.05, 0.1) is 11.4 Å². The van der Waals surface area contributed by atoms with E-state index in [1.165, 1.54) is 18.5 Å². The van der Waals surface area contributed by atoms with E-state index in [2.05, 4.69) is 32.3 Å². The lowest BCUT2D eigenvalue weighted by Gasteiger charge is -2.18. The molecule has 1 amide bonds. The van der Waals surface area contributed by atoms with Crippen LogP contribution in [0.25, 0.3) is 10.7 Å². The molecule has 1 aromatic carbocycles. The zero-order valence-corrected chi connectivity index (χ0v) is 15.9. The van der Waals surface area contributed by atoms with Crippen molar-refractivity contribution in [2.24, 2.45) is 0 Å². The fourth-order valence-corrected chi connectivity index (χ4v) is 4.08. The Morgan fingerprint density at radius 1 is 1.15 bits per heavy atom. The van der Waals surface area contributed by atoms with Crippen molar-refractivity contribution in [1.29, 1.82) is 0 Å². The van der Waals surface area contributed by atoms with Gasteiger partial charge < -0.3 is 10.2 Å². The number of carbonyl (C=O) groups is 1. The highest BCUT2D eigenvalue weighted by atomic mass is 32.1. The van der Waals surface area contributed by atoms with Gasteiger partial charge in [-0.25, -0.2) is 4.98 Å². The Bertz CT molecular complexity index is 903. The van der Waals surface area contributed by atoms with Crippen LogP contribution in [0.5, 0.6) is 0 Å². The molecule has 3 heterocycles. The fraction of sp³-hybridized carbons (Fsp3) is 0.286. The second-order valence-electron chi connectivity index (χ2n) is 6.65. The lowest BCUT2D eigenvalue weighted by Crippen LogP contribution is -2.18. The van der Waals surface area contributed by atoms with E-state index < -0.39 is 0 Å². The predicted octanol–water partition coefficient (Wildman–Crippen LogP) is 4.38. The van der Waals surface area contributed by atoms with Crippen molar-refractivity contribution >= 4 is 28.6 Å². The summed E-state index contributed by atoms with van der Waals surface area (Å²) in [5, 5.41) is 5.91. The van der Waals surface area contributed by atoms with Gasteiger partial charge >= 0.3 is 0 Å². The molecule has 1 aliphatic heterocycles. The summed E-state index contributed by atoms with van der Waals surface area (Å²) >= 11 is 1.56. The first-order valence-electron chi connectivity index (χ1n) is 9.28. The van der Waals surface area contributed by atoms with Crippen molar-refractivity contribution in [3.63, 3.8) is 0 Å². The van der Waals surface area contributed by atoms with Crippen molar-refractivity contribution in [2.75, 3.05) is 23.3 Å². The van der Waals surface area contributed by atoms with Gasteiger partial charge in [0.25, 0.3) is 0 Å². The SMILES string of the molecule is O=C(CCc1csc(-c2ccccn2)n1)Nc1cccc(N2CCCC2)c1. The average molecular weight is 379 g/mol. The number of aromatic nitrogens is 2. The molecule has 0 atom stereocenters. The van der Waals surface area contributed by atoms with E-state index in [0.29, 0.717) is 12.8 Å². The van der Waals surface area contributed by atoms with Crippen LogP contribution in [0.2, 0.25) is 0 Å². The van der Waals surface area contributed by atoms with E-state index in [0.717, 1.165) is 35.2 Å². The molecule has 0 unspecified atom stereocenters. The maximum absolute atomic E-state index is 12.3. The molecule has 0 bridgehead atoms. The Kier molecular flexibility index (Phi) is 5.44. The van der Waals surface area contributed by atoms with E-state index in [1.807, 2.05) is 35.7 Å². The number of nitrogens with zero attached hydrogens (tertiary/aromatic N) is 3. The molecule has 1 saturated heterocycles. The summed E-state index contributed by atoms with van der Waals surface area (Å²) in [7, 11) is 0. The molecule has 138 valence electrons. The molecule has 3 aromatic rings. The minimum Gasteiger partial charge on any atom is -0.371 e. The Morgan fingerprint density at radius 3 is 2.85 bits per heavy atom. The summed E-state index contributed by atoms with van der Waals surface area (Å²) in [5.74, 6) is 0.0148. The molecule has 27 heavy (non-hydrogen) atoms. The Labute approximate surface area is 163 Å². The van der Waals surface area contributed by atoms with Gasteiger partial charge in [-0.3, -0.25) is 9.78 Å². The predicted molar refractivity (Wildman–Crippen MR) is 110 cm³/mol. The van der Waals surface area contributed by atoms with Gasteiger partial charge in [0.2, 0.25) is 5.91 Å². The van der Waals surface area contributed by atoms with E-state index in [1.54, 1.807) is 17.5 Å². The molecule has 0 saturated carbocycles. The highest BCUT2D eigenvalue weighted by Crippen LogP contribution is 2.24. The number of pyridine rings is 1. The molecule has 4 rings (SSSR count).